The average Bonchev–Trinajstić information content (AvgIpc) is 3.07. The van der Waals surface area contributed by atoms with Crippen LogP contribution >= 0.6 is 11.3 Å². The fraction of sp³-hybridized carbons (Fsp3) is 0.714. The first-order chi connectivity index (χ1) is 12.6. The first-order valence-corrected chi connectivity index (χ1v) is 10.9. The van der Waals surface area contributed by atoms with Crippen LogP contribution in [0.1, 0.15) is 62.0 Å². The molecule has 2 aliphatic rings. The summed E-state index contributed by atoms with van der Waals surface area (Å²) >= 11 is 1.79. The Labute approximate surface area is 161 Å². The molecule has 2 atom stereocenters. The van der Waals surface area contributed by atoms with Gasteiger partial charge in [0.05, 0.1) is 10.7 Å². The molecule has 0 bridgehead atoms. The predicted molar refractivity (Wildman–Crippen MR) is 107 cm³/mol. The highest BCUT2D eigenvalue weighted by molar-refractivity contribution is 7.11. The van der Waals surface area contributed by atoms with Gasteiger partial charge < -0.3 is 10.1 Å². The van der Waals surface area contributed by atoms with Gasteiger partial charge >= 0.3 is 0 Å². The number of nitrogens with one attached hydrogen (secondary N) is 1. The van der Waals surface area contributed by atoms with E-state index in [1.165, 1.54) is 4.88 Å². The summed E-state index contributed by atoms with van der Waals surface area (Å²) in [6.45, 7) is 8.36. The molecular formula is C21H32N2O2S. The van der Waals surface area contributed by atoms with E-state index in [1.54, 1.807) is 11.3 Å². The van der Waals surface area contributed by atoms with Crippen molar-refractivity contribution in [2.45, 2.75) is 65.3 Å². The van der Waals surface area contributed by atoms with Gasteiger partial charge in [-0.2, -0.15) is 0 Å². The third kappa shape index (κ3) is 4.95. The third-order valence-electron chi connectivity index (χ3n) is 5.74. The fourth-order valence-corrected chi connectivity index (χ4v) is 5.05. The summed E-state index contributed by atoms with van der Waals surface area (Å²) in [6.07, 6.45) is 9.93. The lowest BCUT2D eigenvalue weighted by molar-refractivity contribution is -0.122. The molecule has 1 aromatic heterocycles. The summed E-state index contributed by atoms with van der Waals surface area (Å²) in [6, 6.07) is 0.283. The van der Waals surface area contributed by atoms with E-state index < -0.39 is 0 Å². The molecule has 1 fully saturated rings. The molecule has 26 heavy (non-hydrogen) atoms. The Hall–Kier alpha value is -1.20. The van der Waals surface area contributed by atoms with Gasteiger partial charge in [-0.1, -0.05) is 26.8 Å². The molecule has 0 radical (unpaired) electrons. The van der Waals surface area contributed by atoms with Crippen LogP contribution in [-0.4, -0.2) is 30.1 Å². The molecule has 1 aliphatic carbocycles. The van der Waals surface area contributed by atoms with Crippen molar-refractivity contribution in [2.75, 3.05) is 13.2 Å². The van der Waals surface area contributed by atoms with E-state index in [-0.39, 0.29) is 11.9 Å². The Balaban J connectivity index is 1.50. The van der Waals surface area contributed by atoms with E-state index in [1.807, 2.05) is 0 Å². The number of ether oxygens (including phenoxy) is 1. The highest BCUT2D eigenvalue weighted by atomic mass is 32.1. The van der Waals surface area contributed by atoms with Gasteiger partial charge in [-0.05, 0) is 49.5 Å². The Bertz CT molecular complexity index is 632. The summed E-state index contributed by atoms with van der Waals surface area (Å²) in [5.74, 6) is 1.99. The molecule has 2 unspecified atom stereocenters. The summed E-state index contributed by atoms with van der Waals surface area (Å²) in [5.41, 5.74) is 1.12. The number of amides is 1. The number of hydrogen-bond donors (Lipinski definition) is 1. The van der Waals surface area contributed by atoms with Crippen LogP contribution in [0.5, 0.6) is 0 Å². The zero-order valence-corrected chi connectivity index (χ0v) is 17.1. The van der Waals surface area contributed by atoms with Crippen LogP contribution < -0.4 is 5.32 Å². The number of aryl methyl sites for hydroxylation is 1. The van der Waals surface area contributed by atoms with Crippen molar-refractivity contribution in [2.24, 2.45) is 17.8 Å². The maximum atomic E-state index is 12.4. The first kappa shape index (κ1) is 19.6. The molecule has 2 heterocycles. The molecule has 0 spiro atoms. The van der Waals surface area contributed by atoms with E-state index in [9.17, 15) is 4.79 Å². The summed E-state index contributed by atoms with van der Waals surface area (Å²) in [4.78, 5) is 18.6. The number of carbonyl (C=O) groups is 1. The minimum absolute atomic E-state index is 0.159. The lowest BCUT2D eigenvalue weighted by atomic mass is 9.88. The number of thiazole rings is 1. The molecule has 144 valence electrons. The number of hydrogen-bond acceptors (Lipinski definition) is 4. The molecule has 1 aliphatic heterocycles. The quantitative estimate of drug-likeness (QED) is 0.774. The van der Waals surface area contributed by atoms with Gasteiger partial charge in [-0.3, -0.25) is 4.79 Å². The molecule has 0 saturated carbocycles. The lowest BCUT2D eigenvalue weighted by Gasteiger charge is -2.30. The molecule has 3 rings (SSSR count). The zero-order valence-electron chi connectivity index (χ0n) is 16.3. The minimum Gasteiger partial charge on any atom is -0.381 e. The number of rotatable bonds is 7. The van der Waals surface area contributed by atoms with E-state index in [0.717, 1.165) is 56.0 Å². The van der Waals surface area contributed by atoms with Crippen molar-refractivity contribution in [3.05, 3.63) is 21.7 Å². The Morgan fingerprint density at radius 3 is 2.85 bits per heavy atom. The summed E-state index contributed by atoms with van der Waals surface area (Å²) in [7, 11) is 0. The van der Waals surface area contributed by atoms with Crippen molar-refractivity contribution in [1.29, 1.82) is 0 Å². The van der Waals surface area contributed by atoms with E-state index in [4.69, 9.17) is 9.72 Å². The average molecular weight is 377 g/mol. The van der Waals surface area contributed by atoms with Gasteiger partial charge in [0.25, 0.3) is 0 Å². The van der Waals surface area contributed by atoms with Crippen molar-refractivity contribution in [3.8, 4) is 0 Å². The molecule has 5 heteroatoms. The predicted octanol–water partition coefficient (Wildman–Crippen LogP) is 4.24. The zero-order chi connectivity index (χ0) is 18.5. The van der Waals surface area contributed by atoms with Crippen LogP contribution in [0.2, 0.25) is 0 Å². The van der Waals surface area contributed by atoms with Gasteiger partial charge in [0, 0.05) is 37.0 Å². The van der Waals surface area contributed by atoms with Gasteiger partial charge in [-0.15, -0.1) is 11.3 Å². The Kier molecular flexibility index (Phi) is 6.87. The summed E-state index contributed by atoms with van der Waals surface area (Å²) < 4.78 is 5.44. The number of nitrogens with zero attached hydrogens (tertiary/aromatic N) is 1. The molecule has 1 N–H and O–H groups in total. The second-order valence-electron chi connectivity index (χ2n) is 7.92. The Morgan fingerprint density at radius 1 is 1.38 bits per heavy atom. The van der Waals surface area contributed by atoms with Crippen LogP contribution in [0.4, 0.5) is 0 Å². The van der Waals surface area contributed by atoms with Crippen LogP contribution in [-0.2, 0) is 22.4 Å². The molecule has 4 nitrogen and oxygen atoms in total. The van der Waals surface area contributed by atoms with Crippen molar-refractivity contribution in [1.82, 2.24) is 10.3 Å². The number of aromatic nitrogens is 1. The van der Waals surface area contributed by atoms with Gasteiger partial charge in [0.2, 0.25) is 5.91 Å². The van der Waals surface area contributed by atoms with Crippen LogP contribution in [0.25, 0.3) is 6.08 Å². The fourth-order valence-electron chi connectivity index (χ4n) is 3.92. The van der Waals surface area contributed by atoms with E-state index in [0.29, 0.717) is 24.2 Å². The minimum atomic E-state index is 0.159. The van der Waals surface area contributed by atoms with Crippen LogP contribution in [0.3, 0.4) is 0 Å². The van der Waals surface area contributed by atoms with Gasteiger partial charge in [0.15, 0.2) is 0 Å². The van der Waals surface area contributed by atoms with E-state index in [2.05, 4.69) is 38.2 Å². The maximum Gasteiger partial charge on any atom is 0.220 e. The lowest BCUT2D eigenvalue weighted by Crippen LogP contribution is -2.42. The number of fused-ring (bicyclic) bond motifs is 1. The second kappa shape index (κ2) is 9.14. The van der Waals surface area contributed by atoms with Gasteiger partial charge in [0.1, 0.15) is 0 Å². The molecule has 1 saturated heterocycles. The molecule has 0 aromatic carbocycles. The number of carbonyl (C=O) groups excluding carboxylic acids is 1. The van der Waals surface area contributed by atoms with Crippen molar-refractivity contribution < 1.29 is 9.53 Å². The standard InChI is InChI=1S/C21H32N2O2S/c1-4-17(15-9-11-25-12-10-15)22-20(24)7-8-21-23-18-6-5-16(14(2)3)13-19(18)26-21/h5-6,14-17H,4,7-13H2,1-3H3,(H,22,24). The molecule has 1 aromatic rings. The third-order valence-corrected chi connectivity index (χ3v) is 6.89. The van der Waals surface area contributed by atoms with Crippen molar-refractivity contribution >= 4 is 23.3 Å². The maximum absolute atomic E-state index is 12.4. The van der Waals surface area contributed by atoms with E-state index >= 15 is 0 Å². The SMILES string of the molecule is CCC(NC(=O)CCc1nc2c(s1)CC(C(C)C)C=C2)C1CCOCC1. The van der Waals surface area contributed by atoms with Crippen LogP contribution in [0.15, 0.2) is 6.08 Å². The topological polar surface area (TPSA) is 51.2 Å². The van der Waals surface area contributed by atoms with Crippen LogP contribution in [0, 0.1) is 17.8 Å². The molecule has 1 amide bonds. The largest absolute Gasteiger partial charge is 0.381 e. The highest BCUT2D eigenvalue weighted by Crippen LogP contribution is 2.31. The highest BCUT2D eigenvalue weighted by Gasteiger charge is 2.24. The monoisotopic (exact) mass is 376 g/mol. The van der Waals surface area contributed by atoms with Crippen molar-refractivity contribution in [3.63, 3.8) is 0 Å². The number of allylic oxidation sites excluding steroid dienone is 1. The Morgan fingerprint density at radius 2 is 2.15 bits per heavy atom. The molecular weight excluding hydrogens is 344 g/mol. The first-order valence-electron chi connectivity index (χ1n) is 10.1. The summed E-state index contributed by atoms with van der Waals surface area (Å²) in [5, 5.41) is 4.35. The normalized spacial score (nSPS) is 21.6. The van der Waals surface area contributed by atoms with Gasteiger partial charge in [-0.25, -0.2) is 4.98 Å². The smallest absolute Gasteiger partial charge is 0.220 e. The second-order valence-corrected chi connectivity index (χ2v) is 9.09.